The molecular formula is C20H18FNO3. The van der Waals surface area contributed by atoms with Crippen molar-refractivity contribution in [2.24, 2.45) is 0 Å². The predicted octanol–water partition coefficient (Wildman–Crippen LogP) is 4.56. The molecule has 0 radical (unpaired) electrons. The number of rotatable bonds is 3. The van der Waals surface area contributed by atoms with Crippen molar-refractivity contribution in [1.29, 1.82) is 0 Å². The Hall–Kier alpha value is -2.82. The summed E-state index contributed by atoms with van der Waals surface area (Å²) >= 11 is 0. The van der Waals surface area contributed by atoms with E-state index >= 15 is 0 Å². The first-order valence-corrected chi connectivity index (χ1v) is 8.30. The van der Waals surface area contributed by atoms with E-state index < -0.39 is 0 Å². The molecule has 1 amide bonds. The second-order valence-electron chi connectivity index (χ2n) is 6.20. The van der Waals surface area contributed by atoms with Gasteiger partial charge in [-0.1, -0.05) is 24.3 Å². The molecule has 4 rings (SSSR count). The van der Waals surface area contributed by atoms with Crippen molar-refractivity contribution >= 4 is 16.9 Å². The Bertz CT molecular complexity index is 916. The van der Waals surface area contributed by atoms with Crippen LogP contribution in [0.3, 0.4) is 0 Å². The van der Waals surface area contributed by atoms with Gasteiger partial charge in [-0.15, -0.1) is 0 Å². The van der Waals surface area contributed by atoms with E-state index in [1.807, 2.05) is 12.1 Å². The fraction of sp³-hybridized carbons (Fsp3) is 0.250. The summed E-state index contributed by atoms with van der Waals surface area (Å²) in [6.07, 6.45) is 1.78. The molecule has 1 aliphatic heterocycles. The molecule has 1 unspecified atom stereocenters. The van der Waals surface area contributed by atoms with E-state index in [0.29, 0.717) is 23.6 Å². The van der Waals surface area contributed by atoms with Gasteiger partial charge in [-0.3, -0.25) is 4.79 Å². The van der Waals surface area contributed by atoms with E-state index in [9.17, 15) is 9.18 Å². The summed E-state index contributed by atoms with van der Waals surface area (Å²) in [5, 5.41) is 0.834. The number of furan rings is 1. The van der Waals surface area contributed by atoms with Gasteiger partial charge >= 0.3 is 0 Å². The van der Waals surface area contributed by atoms with Crippen LogP contribution >= 0.6 is 0 Å². The molecule has 0 spiro atoms. The number of para-hydroxylation sites is 1. The first kappa shape index (κ1) is 15.7. The summed E-state index contributed by atoms with van der Waals surface area (Å²) in [5.41, 5.74) is 1.52. The van der Waals surface area contributed by atoms with Gasteiger partial charge in [0.25, 0.3) is 5.91 Å². The van der Waals surface area contributed by atoms with Crippen LogP contribution in [0.1, 0.15) is 35.0 Å². The molecule has 128 valence electrons. The number of carbonyl (C=O) groups is 1. The van der Waals surface area contributed by atoms with Gasteiger partial charge in [0, 0.05) is 11.9 Å². The Kier molecular flexibility index (Phi) is 3.92. The van der Waals surface area contributed by atoms with Crippen molar-refractivity contribution in [2.75, 3.05) is 13.7 Å². The number of amides is 1. The molecule has 5 heteroatoms. The highest BCUT2D eigenvalue weighted by Crippen LogP contribution is 2.35. The number of hydrogen-bond acceptors (Lipinski definition) is 3. The molecule has 25 heavy (non-hydrogen) atoms. The van der Waals surface area contributed by atoms with Crippen molar-refractivity contribution in [3.05, 3.63) is 65.7 Å². The minimum Gasteiger partial charge on any atom is -0.493 e. The standard InChI is InChI=1S/C20H18FNO3/c1-24-17-6-2-4-14-12-18(25-19(14)17)20(23)22-11-3-5-16(22)13-7-9-15(21)10-8-13/h2,4,6-10,12,16H,3,5,11H2,1H3. The summed E-state index contributed by atoms with van der Waals surface area (Å²) < 4.78 is 24.3. The van der Waals surface area contributed by atoms with Crippen molar-refractivity contribution in [1.82, 2.24) is 4.90 Å². The highest BCUT2D eigenvalue weighted by atomic mass is 19.1. The average molecular weight is 339 g/mol. The molecule has 1 saturated heterocycles. The third-order valence-electron chi connectivity index (χ3n) is 4.71. The van der Waals surface area contributed by atoms with Crippen molar-refractivity contribution < 1.29 is 18.3 Å². The lowest BCUT2D eigenvalue weighted by molar-refractivity contribution is 0.0705. The van der Waals surface area contributed by atoms with Crippen LogP contribution < -0.4 is 4.74 Å². The Balaban J connectivity index is 1.66. The molecule has 1 atom stereocenters. The van der Waals surface area contributed by atoms with Gasteiger partial charge in [0.05, 0.1) is 13.2 Å². The van der Waals surface area contributed by atoms with Crippen LogP contribution in [0.5, 0.6) is 5.75 Å². The highest BCUT2D eigenvalue weighted by Gasteiger charge is 2.32. The van der Waals surface area contributed by atoms with Crippen LogP contribution in [0, 0.1) is 5.82 Å². The number of ether oxygens (including phenoxy) is 1. The van der Waals surface area contributed by atoms with Crippen LogP contribution in [-0.4, -0.2) is 24.5 Å². The lowest BCUT2D eigenvalue weighted by atomic mass is 10.0. The molecule has 0 saturated carbocycles. The number of methoxy groups -OCH3 is 1. The van der Waals surface area contributed by atoms with Crippen LogP contribution in [-0.2, 0) is 0 Å². The zero-order valence-electron chi connectivity index (χ0n) is 13.9. The third kappa shape index (κ3) is 2.76. The molecule has 0 N–H and O–H groups in total. The quantitative estimate of drug-likeness (QED) is 0.703. The number of carbonyl (C=O) groups excluding carboxylic acids is 1. The molecule has 2 aromatic carbocycles. The fourth-order valence-electron chi connectivity index (χ4n) is 3.49. The largest absolute Gasteiger partial charge is 0.493 e. The average Bonchev–Trinajstić information content (AvgIpc) is 3.28. The van der Waals surface area contributed by atoms with E-state index in [0.717, 1.165) is 23.8 Å². The fourth-order valence-corrected chi connectivity index (χ4v) is 3.49. The molecule has 0 aliphatic carbocycles. The Morgan fingerprint density at radius 2 is 2.04 bits per heavy atom. The van der Waals surface area contributed by atoms with Gasteiger partial charge in [-0.05, 0) is 42.7 Å². The molecule has 1 aromatic heterocycles. The molecule has 3 aromatic rings. The number of likely N-dealkylation sites (tertiary alicyclic amines) is 1. The summed E-state index contributed by atoms with van der Waals surface area (Å²) in [7, 11) is 1.57. The molecule has 1 fully saturated rings. The summed E-state index contributed by atoms with van der Waals surface area (Å²) in [6.45, 7) is 0.662. The summed E-state index contributed by atoms with van der Waals surface area (Å²) in [5.74, 6) is 0.482. The predicted molar refractivity (Wildman–Crippen MR) is 92.2 cm³/mol. The van der Waals surface area contributed by atoms with Gasteiger partial charge in [-0.25, -0.2) is 4.39 Å². The topological polar surface area (TPSA) is 42.7 Å². The minimum atomic E-state index is -0.274. The van der Waals surface area contributed by atoms with E-state index in [1.165, 1.54) is 12.1 Å². The lowest BCUT2D eigenvalue weighted by Gasteiger charge is -2.24. The maximum atomic E-state index is 13.2. The Labute approximate surface area is 144 Å². The van der Waals surface area contributed by atoms with Crippen molar-refractivity contribution in [2.45, 2.75) is 18.9 Å². The third-order valence-corrected chi connectivity index (χ3v) is 4.71. The van der Waals surface area contributed by atoms with Crippen LogP contribution in [0.25, 0.3) is 11.0 Å². The number of fused-ring (bicyclic) bond motifs is 1. The highest BCUT2D eigenvalue weighted by molar-refractivity contribution is 5.97. The van der Waals surface area contributed by atoms with Crippen molar-refractivity contribution in [3.8, 4) is 5.75 Å². The second-order valence-corrected chi connectivity index (χ2v) is 6.20. The number of hydrogen-bond donors (Lipinski definition) is 0. The molecular weight excluding hydrogens is 321 g/mol. The molecule has 4 nitrogen and oxygen atoms in total. The summed E-state index contributed by atoms with van der Waals surface area (Å²) in [4.78, 5) is 14.8. The van der Waals surface area contributed by atoms with E-state index in [1.54, 1.807) is 36.3 Å². The number of nitrogens with zero attached hydrogens (tertiary/aromatic N) is 1. The molecule has 0 bridgehead atoms. The van der Waals surface area contributed by atoms with Gasteiger partial charge in [-0.2, -0.15) is 0 Å². The SMILES string of the molecule is COc1cccc2cc(C(=O)N3CCCC3c3ccc(F)cc3)oc12. The monoisotopic (exact) mass is 339 g/mol. The number of benzene rings is 2. The zero-order chi connectivity index (χ0) is 17.4. The lowest BCUT2D eigenvalue weighted by Crippen LogP contribution is -2.30. The Morgan fingerprint density at radius 1 is 1.24 bits per heavy atom. The smallest absolute Gasteiger partial charge is 0.290 e. The first-order valence-electron chi connectivity index (χ1n) is 8.30. The molecule has 1 aliphatic rings. The van der Waals surface area contributed by atoms with Gasteiger partial charge in [0.1, 0.15) is 5.82 Å². The number of halogens is 1. The van der Waals surface area contributed by atoms with Gasteiger partial charge < -0.3 is 14.1 Å². The Morgan fingerprint density at radius 3 is 2.80 bits per heavy atom. The molecule has 2 heterocycles. The van der Waals surface area contributed by atoms with Gasteiger partial charge in [0.15, 0.2) is 17.1 Å². The second kappa shape index (κ2) is 6.24. The van der Waals surface area contributed by atoms with E-state index in [4.69, 9.17) is 9.15 Å². The normalized spacial score (nSPS) is 17.2. The zero-order valence-corrected chi connectivity index (χ0v) is 13.9. The minimum absolute atomic E-state index is 0.0526. The van der Waals surface area contributed by atoms with Crippen LogP contribution in [0.15, 0.2) is 52.9 Å². The van der Waals surface area contributed by atoms with Crippen LogP contribution in [0.2, 0.25) is 0 Å². The van der Waals surface area contributed by atoms with E-state index in [2.05, 4.69) is 0 Å². The maximum absolute atomic E-state index is 13.2. The van der Waals surface area contributed by atoms with Crippen LogP contribution in [0.4, 0.5) is 4.39 Å². The van der Waals surface area contributed by atoms with E-state index in [-0.39, 0.29) is 17.8 Å². The van der Waals surface area contributed by atoms with Gasteiger partial charge in [0.2, 0.25) is 0 Å². The maximum Gasteiger partial charge on any atom is 0.290 e. The summed E-state index contributed by atoms with van der Waals surface area (Å²) in [6, 6.07) is 13.6. The first-order chi connectivity index (χ1) is 12.2. The van der Waals surface area contributed by atoms with Crippen molar-refractivity contribution in [3.63, 3.8) is 0 Å².